The molecule has 2 aromatic rings. The maximum atomic E-state index is 12.3. The Morgan fingerprint density at radius 1 is 0.900 bits per heavy atom. The molecule has 0 aromatic heterocycles. The molecule has 0 fully saturated rings. The summed E-state index contributed by atoms with van der Waals surface area (Å²) in [6.07, 6.45) is 0.366. The van der Waals surface area contributed by atoms with E-state index in [1.54, 1.807) is 0 Å². The summed E-state index contributed by atoms with van der Waals surface area (Å²) in [5.41, 5.74) is 4.21. The second-order valence-corrected chi connectivity index (χ2v) is 7.47. The van der Waals surface area contributed by atoms with Crippen LogP contribution in [0.15, 0.2) is 48.5 Å². The number of benzene rings is 2. The lowest BCUT2D eigenvalue weighted by molar-refractivity contribution is -0.145. The molecule has 0 bridgehead atoms. The minimum atomic E-state index is -0.795. The molecule has 160 valence electrons. The minimum absolute atomic E-state index is 0.00619. The number of carbonyl (C=O) groups is 3. The summed E-state index contributed by atoms with van der Waals surface area (Å²) in [4.78, 5) is 36.7. The van der Waals surface area contributed by atoms with Gasteiger partial charge in [-0.1, -0.05) is 48.5 Å². The van der Waals surface area contributed by atoms with Gasteiger partial charge < -0.3 is 15.4 Å². The molecule has 0 aliphatic rings. The molecule has 0 aliphatic carbocycles. The number of nitrogens with one attached hydrogen (secondary N) is 2. The number of carbonyl (C=O) groups excluding carboxylic acids is 3. The second-order valence-electron chi connectivity index (χ2n) is 7.47. The summed E-state index contributed by atoms with van der Waals surface area (Å²) >= 11 is 0. The molecule has 6 heteroatoms. The topological polar surface area (TPSA) is 84.5 Å². The third-order valence-electron chi connectivity index (χ3n) is 5.09. The molecule has 0 aliphatic heterocycles. The predicted octanol–water partition coefficient (Wildman–Crippen LogP) is 3.16. The first-order valence-electron chi connectivity index (χ1n) is 10.1. The summed E-state index contributed by atoms with van der Waals surface area (Å²) in [7, 11) is 1.29. The molecule has 0 saturated carbocycles. The van der Waals surface area contributed by atoms with Crippen molar-refractivity contribution in [3.8, 4) is 0 Å². The highest BCUT2D eigenvalue weighted by Gasteiger charge is 2.22. The van der Waals surface area contributed by atoms with Crippen LogP contribution < -0.4 is 10.6 Å². The van der Waals surface area contributed by atoms with E-state index >= 15 is 0 Å². The van der Waals surface area contributed by atoms with Crippen molar-refractivity contribution in [1.82, 2.24) is 10.6 Å². The minimum Gasteiger partial charge on any atom is -0.467 e. The summed E-state index contributed by atoms with van der Waals surface area (Å²) in [6, 6.07) is 14.6. The van der Waals surface area contributed by atoms with E-state index in [0.29, 0.717) is 6.42 Å². The van der Waals surface area contributed by atoms with Gasteiger partial charge in [-0.3, -0.25) is 9.59 Å². The van der Waals surface area contributed by atoms with Crippen LogP contribution in [0.2, 0.25) is 0 Å². The van der Waals surface area contributed by atoms with E-state index in [4.69, 9.17) is 4.74 Å². The fourth-order valence-corrected chi connectivity index (χ4v) is 3.13. The lowest BCUT2D eigenvalue weighted by Crippen LogP contribution is -2.43. The van der Waals surface area contributed by atoms with Crippen LogP contribution in [0.4, 0.5) is 0 Å². The number of hydrogen-bond acceptors (Lipinski definition) is 4. The normalized spacial score (nSPS) is 12.5. The Kier molecular flexibility index (Phi) is 8.59. The Balaban J connectivity index is 1.88. The van der Waals surface area contributed by atoms with Crippen molar-refractivity contribution in [2.24, 2.45) is 0 Å². The van der Waals surface area contributed by atoms with E-state index in [2.05, 4.69) is 10.6 Å². The van der Waals surface area contributed by atoms with E-state index in [1.165, 1.54) is 7.11 Å². The highest BCUT2D eigenvalue weighted by atomic mass is 16.5. The largest absolute Gasteiger partial charge is 0.467 e. The fraction of sp³-hybridized carbons (Fsp3) is 0.375. The SMILES string of the molecule is COC(=O)[C@@H](Cc1ccc(C)c(C)c1)NC(=O)CCC(=O)N[C@H](C)c1ccccc1. The van der Waals surface area contributed by atoms with Crippen molar-refractivity contribution in [1.29, 1.82) is 0 Å². The molecule has 0 unspecified atom stereocenters. The lowest BCUT2D eigenvalue weighted by Gasteiger charge is -2.18. The van der Waals surface area contributed by atoms with Gasteiger partial charge in [-0.05, 0) is 43.0 Å². The predicted molar refractivity (Wildman–Crippen MR) is 116 cm³/mol. The number of methoxy groups -OCH3 is 1. The van der Waals surface area contributed by atoms with E-state index in [0.717, 1.165) is 22.3 Å². The molecule has 2 N–H and O–H groups in total. The smallest absolute Gasteiger partial charge is 0.328 e. The zero-order valence-electron chi connectivity index (χ0n) is 18.0. The Bertz CT molecular complexity index is 880. The van der Waals surface area contributed by atoms with Crippen molar-refractivity contribution in [3.63, 3.8) is 0 Å². The Morgan fingerprint density at radius 3 is 2.13 bits per heavy atom. The Morgan fingerprint density at radius 2 is 1.53 bits per heavy atom. The Hall–Kier alpha value is -3.15. The third kappa shape index (κ3) is 7.03. The van der Waals surface area contributed by atoms with Crippen LogP contribution in [0.3, 0.4) is 0 Å². The van der Waals surface area contributed by atoms with E-state index in [9.17, 15) is 14.4 Å². The Labute approximate surface area is 178 Å². The molecular formula is C24H30N2O4. The van der Waals surface area contributed by atoms with Crippen molar-refractivity contribution in [2.75, 3.05) is 7.11 Å². The number of ether oxygens (including phenoxy) is 1. The van der Waals surface area contributed by atoms with Crippen LogP contribution in [-0.2, 0) is 25.5 Å². The molecule has 2 aromatic carbocycles. The van der Waals surface area contributed by atoms with Gasteiger partial charge in [0, 0.05) is 19.3 Å². The molecule has 2 amide bonds. The maximum Gasteiger partial charge on any atom is 0.328 e. The summed E-state index contributed by atoms with van der Waals surface area (Å²) in [5, 5.41) is 5.58. The van der Waals surface area contributed by atoms with Crippen LogP contribution in [0, 0.1) is 13.8 Å². The first-order chi connectivity index (χ1) is 14.3. The van der Waals surface area contributed by atoms with Gasteiger partial charge >= 0.3 is 5.97 Å². The van der Waals surface area contributed by atoms with E-state index < -0.39 is 12.0 Å². The zero-order chi connectivity index (χ0) is 22.1. The highest BCUT2D eigenvalue weighted by molar-refractivity contribution is 5.87. The van der Waals surface area contributed by atoms with E-state index in [1.807, 2.05) is 69.3 Å². The van der Waals surface area contributed by atoms with Crippen LogP contribution in [0.1, 0.15) is 48.1 Å². The van der Waals surface area contributed by atoms with Crippen molar-refractivity contribution >= 4 is 17.8 Å². The van der Waals surface area contributed by atoms with Gasteiger partial charge in [0.2, 0.25) is 11.8 Å². The quantitative estimate of drug-likeness (QED) is 0.622. The van der Waals surface area contributed by atoms with Gasteiger partial charge in [0.15, 0.2) is 0 Å². The molecule has 2 atom stereocenters. The summed E-state index contributed by atoms with van der Waals surface area (Å²) in [6.45, 7) is 5.91. The number of hydrogen-bond donors (Lipinski definition) is 2. The van der Waals surface area contributed by atoms with Gasteiger partial charge in [0.1, 0.15) is 6.04 Å². The lowest BCUT2D eigenvalue weighted by atomic mass is 10.0. The molecular weight excluding hydrogens is 380 g/mol. The third-order valence-corrected chi connectivity index (χ3v) is 5.09. The van der Waals surface area contributed by atoms with Crippen molar-refractivity contribution < 1.29 is 19.1 Å². The van der Waals surface area contributed by atoms with Crippen LogP contribution in [-0.4, -0.2) is 30.9 Å². The fourth-order valence-electron chi connectivity index (χ4n) is 3.13. The first-order valence-corrected chi connectivity index (χ1v) is 10.1. The zero-order valence-corrected chi connectivity index (χ0v) is 18.0. The molecule has 0 spiro atoms. The van der Waals surface area contributed by atoms with Gasteiger partial charge in [-0.25, -0.2) is 4.79 Å². The van der Waals surface area contributed by atoms with Crippen LogP contribution in [0.5, 0.6) is 0 Å². The summed E-state index contributed by atoms with van der Waals surface area (Å²) < 4.78 is 4.83. The summed E-state index contributed by atoms with van der Waals surface area (Å²) in [5.74, 6) is -1.09. The van der Waals surface area contributed by atoms with Crippen LogP contribution in [0.25, 0.3) is 0 Å². The number of esters is 1. The first kappa shape index (κ1) is 23.1. The standard InChI is InChI=1S/C24H30N2O4/c1-16-10-11-19(14-17(16)2)15-21(24(29)30-4)26-23(28)13-12-22(27)25-18(3)20-8-6-5-7-9-20/h5-11,14,18,21H,12-13,15H2,1-4H3,(H,25,27)(H,26,28)/t18-,21-/m1/s1. The second kappa shape index (κ2) is 11.1. The van der Waals surface area contributed by atoms with Crippen molar-refractivity contribution in [3.05, 3.63) is 70.8 Å². The number of aryl methyl sites for hydroxylation is 2. The number of rotatable bonds is 9. The van der Waals surface area contributed by atoms with Gasteiger partial charge in [-0.2, -0.15) is 0 Å². The number of amides is 2. The van der Waals surface area contributed by atoms with Gasteiger partial charge in [0.25, 0.3) is 0 Å². The molecule has 0 saturated heterocycles. The molecule has 30 heavy (non-hydrogen) atoms. The van der Waals surface area contributed by atoms with Crippen LogP contribution >= 0.6 is 0 Å². The van der Waals surface area contributed by atoms with Gasteiger partial charge in [0.05, 0.1) is 13.2 Å². The molecule has 0 radical (unpaired) electrons. The van der Waals surface area contributed by atoms with Crippen molar-refractivity contribution in [2.45, 2.75) is 52.1 Å². The monoisotopic (exact) mass is 410 g/mol. The van der Waals surface area contributed by atoms with Gasteiger partial charge in [-0.15, -0.1) is 0 Å². The van der Waals surface area contributed by atoms with E-state index in [-0.39, 0.29) is 30.7 Å². The molecule has 6 nitrogen and oxygen atoms in total. The average molecular weight is 411 g/mol. The maximum absolute atomic E-state index is 12.3. The highest BCUT2D eigenvalue weighted by Crippen LogP contribution is 2.13. The average Bonchev–Trinajstić information content (AvgIpc) is 2.74. The molecule has 2 rings (SSSR count). The molecule has 0 heterocycles.